The maximum absolute atomic E-state index is 11.8. The quantitative estimate of drug-likeness (QED) is 0.814. The first kappa shape index (κ1) is 16.4. The molecule has 0 atom stereocenters. The van der Waals surface area contributed by atoms with Gasteiger partial charge in [-0.3, -0.25) is 9.59 Å². The van der Waals surface area contributed by atoms with Crippen LogP contribution in [0.25, 0.3) is 0 Å². The van der Waals surface area contributed by atoms with Gasteiger partial charge in [-0.1, -0.05) is 12.1 Å². The second kappa shape index (κ2) is 7.84. The number of hydrogen-bond acceptors (Lipinski definition) is 4. The lowest BCUT2D eigenvalue weighted by molar-refractivity contribution is -0.118. The topological polar surface area (TPSA) is 90.7 Å². The van der Waals surface area contributed by atoms with Crippen LogP contribution < -0.4 is 20.5 Å². The van der Waals surface area contributed by atoms with Gasteiger partial charge < -0.3 is 20.5 Å². The molecule has 2 aromatic carbocycles. The minimum absolute atomic E-state index is 0.102. The molecule has 0 bridgehead atoms. The Balaban J connectivity index is 1.82. The molecule has 0 aliphatic heterocycles. The van der Waals surface area contributed by atoms with Crippen LogP contribution in [-0.4, -0.2) is 25.5 Å². The number of methoxy groups -OCH3 is 1. The van der Waals surface area contributed by atoms with Crippen LogP contribution in [0.15, 0.2) is 48.5 Å². The molecule has 6 nitrogen and oxygen atoms in total. The average molecular weight is 314 g/mol. The highest BCUT2D eigenvalue weighted by atomic mass is 16.5. The van der Waals surface area contributed by atoms with Crippen LogP contribution in [0.3, 0.4) is 0 Å². The monoisotopic (exact) mass is 314 g/mol. The fourth-order valence-corrected chi connectivity index (χ4v) is 1.93. The number of amides is 2. The van der Waals surface area contributed by atoms with Crippen LogP contribution in [0.2, 0.25) is 0 Å². The Labute approximate surface area is 134 Å². The van der Waals surface area contributed by atoms with Gasteiger partial charge in [-0.05, 0) is 42.0 Å². The normalized spacial score (nSPS) is 9.96. The highest BCUT2D eigenvalue weighted by Crippen LogP contribution is 2.17. The Morgan fingerprint density at radius 3 is 2.17 bits per heavy atom. The highest BCUT2D eigenvalue weighted by molar-refractivity contribution is 5.91. The number of carbonyl (C=O) groups is 2. The Bertz CT molecular complexity index is 666. The molecule has 0 aliphatic carbocycles. The molecule has 2 rings (SSSR count). The summed E-state index contributed by atoms with van der Waals surface area (Å²) in [5, 5.41) is 2.71. The van der Waals surface area contributed by atoms with Gasteiger partial charge in [-0.15, -0.1) is 0 Å². The molecular formula is C17H18N2O4. The zero-order valence-corrected chi connectivity index (χ0v) is 12.7. The fourth-order valence-electron chi connectivity index (χ4n) is 1.93. The standard InChI is InChI=1S/C17H18N2O4/c1-22-14-6-8-15(9-7-14)23-11-17(21)19-13-4-2-12(3-5-13)10-16(18)20/h2-9H,10-11H2,1H3,(H2,18,20)(H,19,21). The molecule has 0 aliphatic rings. The molecule has 0 saturated heterocycles. The van der Waals surface area contributed by atoms with E-state index in [1.54, 1.807) is 55.6 Å². The number of anilines is 1. The van der Waals surface area contributed by atoms with E-state index in [0.29, 0.717) is 11.4 Å². The molecule has 0 aromatic heterocycles. The Hall–Kier alpha value is -3.02. The minimum atomic E-state index is -0.394. The van der Waals surface area contributed by atoms with Crippen molar-refractivity contribution in [1.82, 2.24) is 0 Å². The molecule has 0 saturated carbocycles. The van der Waals surface area contributed by atoms with Gasteiger partial charge in [-0.25, -0.2) is 0 Å². The van der Waals surface area contributed by atoms with Crippen LogP contribution in [-0.2, 0) is 16.0 Å². The Morgan fingerprint density at radius 1 is 1.00 bits per heavy atom. The lowest BCUT2D eigenvalue weighted by Crippen LogP contribution is -2.20. The summed E-state index contributed by atoms with van der Waals surface area (Å²) < 4.78 is 10.4. The zero-order valence-electron chi connectivity index (χ0n) is 12.7. The predicted molar refractivity (Wildman–Crippen MR) is 86.5 cm³/mol. The molecular weight excluding hydrogens is 296 g/mol. The summed E-state index contributed by atoms with van der Waals surface area (Å²) in [7, 11) is 1.58. The van der Waals surface area contributed by atoms with Gasteiger partial charge in [0.05, 0.1) is 13.5 Å². The predicted octanol–water partition coefficient (Wildman–Crippen LogP) is 1.74. The molecule has 120 valence electrons. The lowest BCUT2D eigenvalue weighted by atomic mass is 10.1. The molecule has 0 spiro atoms. The average Bonchev–Trinajstić information content (AvgIpc) is 2.55. The van der Waals surface area contributed by atoms with Gasteiger partial charge in [0.15, 0.2) is 6.61 Å². The van der Waals surface area contributed by atoms with Crippen molar-refractivity contribution >= 4 is 17.5 Å². The Kier molecular flexibility index (Phi) is 5.57. The molecule has 0 radical (unpaired) electrons. The number of nitrogens with one attached hydrogen (secondary N) is 1. The van der Waals surface area contributed by atoms with Gasteiger partial charge in [0.2, 0.25) is 5.91 Å². The van der Waals surface area contributed by atoms with E-state index in [2.05, 4.69) is 5.32 Å². The first-order chi connectivity index (χ1) is 11.1. The van der Waals surface area contributed by atoms with E-state index < -0.39 is 5.91 Å². The number of hydrogen-bond donors (Lipinski definition) is 2. The summed E-state index contributed by atoms with van der Waals surface area (Å²) >= 11 is 0. The SMILES string of the molecule is COc1ccc(OCC(=O)Nc2ccc(CC(N)=O)cc2)cc1. The van der Waals surface area contributed by atoms with Crippen LogP contribution in [0.4, 0.5) is 5.69 Å². The van der Waals surface area contributed by atoms with E-state index in [4.69, 9.17) is 15.2 Å². The van der Waals surface area contributed by atoms with E-state index in [-0.39, 0.29) is 18.9 Å². The fraction of sp³-hybridized carbons (Fsp3) is 0.176. The largest absolute Gasteiger partial charge is 0.497 e. The van der Waals surface area contributed by atoms with E-state index in [0.717, 1.165) is 11.3 Å². The van der Waals surface area contributed by atoms with E-state index in [1.165, 1.54) is 0 Å². The second-order valence-corrected chi connectivity index (χ2v) is 4.85. The van der Waals surface area contributed by atoms with Gasteiger partial charge >= 0.3 is 0 Å². The number of benzene rings is 2. The van der Waals surface area contributed by atoms with E-state index >= 15 is 0 Å². The zero-order chi connectivity index (χ0) is 16.7. The summed E-state index contributed by atoms with van der Waals surface area (Å²) in [5.41, 5.74) is 6.55. The number of primary amides is 1. The van der Waals surface area contributed by atoms with Crippen molar-refractivity contribution in [3.8, 4) is 11.5 Å². The summed E-state index contributed by atoms with van der Waals surface area (Å²) in [4.78, 5) is 22.7. The summed E-state index contributed by atoms with van der Waals surface area (Å²) in [6.45, 7) is -0.102. The first-order valence-corrected chi connectivity index (χ1v) is 7.01. The van der Waals surface area contributed by atoms with Crippen molar-refractivity contribution in [2.45, 2.75) is 6.42 Å². The third-order valence-corrected chi connectivity index (χ3v) is 3.05. The number of ether oxygens (including phenoxy) is 2. The molecule has 6 heteroatoms. The third kappa shape index (κ3) is 5.35. The van der Waals surface area contributed by atoms with Gasteiger partial charge in [0.25, 0.3) is 5.91 Å². The van der Waals surface area contributed by atoms with Crippen molar-refractivity contribution in [1.29, 1.82) is 0 Å². The van der Waals surface area contributed by atoms with Crippen molar-refractivity contribution in [3.63, 3.8) is 0 Å². The third-order valence-electron chi connectivity index (χ3n) is 3.05. The van der Waals surface area contributed by atoms with Crippen LogP contribution in [0.1, 0.15) is 5.56 Å². The van der Waals surface area contributed by atoms with Crippen molar-refractivity contribution in [3.05, 3.63) is 54.1 Å². The molecule has 0 unspecified atom stereocenters. The summed E-state index contributed by atoms with van der Waals surface area (Å²) in [5.74, 6) is 0.633. The summed E-state index contributed by atoms with van der Waals surface area (Å²) in [6.07, 6.45) is 0.175. The van der Waals surface area contributed by atoms with Gasteiger partial charge in [0, 0.05) is 5.69 Å². The molecule has 0 heterocycles. The first-order valence-electron chi connectivity index (χ1n) is 7.01. The Morgan fingerprint density at radius 2 is 1.61 bits per heavy atom. The lowest BCUT2D eigenvalue weighted by Gasteiger charge is -2.08. The molecule has 3 N–H and O–H groups in total. The van der Waals surface area contributed by atoms with E-state index in [1.807, 2.05) is 0 Å². The van der Waals surface area contributed by atoms with Gasteiger partial charge in [-0.2, -0.15) is 0 Å². The van der Waals surface area contributed by atoms with Crippen molar-refractivity contribution in [2.24, 2.45) is 5.73 Å². The molecule has 2 amide bonds. The smallest absolute Gasteiger partial charge is 0.262 e. The van der Waals surface area contributed by atoms with Crippen LogP contribution in [0, 0.1) is 0 Å². The van der Waals surface area contributed by atoms with Gasteiger partial charge in [0.1, 0.15) is 11.5 Å². The summed E-state index contributed by atoms with van der Waals surface area (Å²) in [6, 6.07) is 13.9. The highest BCUT2D eigenvalue weighted by Gasteiger charge is 2.05. The minimum Gasteiger partial charge on any atom is -0.497 e. The maximum atomic E-state index is 11.8. The van der Waals surface area contributed by atoms with Crippen LogP contribution >= 0.6 is 0 Å². The number of rotatable bonds is 7. The molecule has 2 aromatic rings. The van der Waals surface area contributed by atoms with E-state index in [9.17, 15) is 9.59 Å². The van der Waals surface area contributed by atoms with Crippen molar-refractivity contribution < 1.29 is 19.1 Å². The molecule has 23 heavy (non-hydrogen) atoms. The number of carbonyl (C=O) groups excluding carboxylic acids is 2. The molecule has 0 fully saturated rings. The van der Waals surface area contributed by atoms with Crippen molar-refractivity contribution in [2.75, 3.05) is 19.0 Å². The maximum Gasteiger partial charge on any atom is 0.262 e. The van der Waals surface area contributed by atoms with Crippen LogP contribution in [0.5, 0.6) is 11.5 Å². The second-order valence-electron chi connectivity index (χ2n) is 4.85. The number of nitrogens with two attached hydrogens (primary N) is 1.